The van der Waals surface area contributed by atoms with Crippen LogP contribution in [0.5, 0.6) is 5.75 Å². The van der Waals surface area contributed by atoms with Crippen molar-refractivity contribution in [2.24, 2.45) is 5.73 Å². The number of phenolic OH excluding ortho intramolecular Hbond substituents is 1. The van der Waals surface area contributed by atoms with Crippen molar-refractivity contribution in [1.29, 1.82) is 0 Å². The fourth-order valence-corrected chi connectivity index (χ4v) is 1.45. The third-order valence-corrected chi connectivity index (χ3v) is 2.22. The Bertz CT molecular complexity index is 340. The molecule has 0 heterocycles. The van der Waals surface area contributed by atoms with Crippen molar-refractivity contribution < 1.29 is 14.3 Å². The zero-order valence-corrected chi connectivity index (χ0v) is 8.00. The first-order valence-corrected chi connectivity index (χ1v) is 4.08. The molecule has 0 aliphatic rings. The molecule has 0 atom stereocenters. The number of rotatable bonds is 1. The van der Waals surface area contributed by atoms with E-state index >= 15 is 0 Å². The zero-order valence-electron chi connectivity index (χ0n) is 5.84. The summed E-state index contributed by atoms with van der Waals surface area (Å²) >= 11 is 1.77. The highest BCUT2D eigenvalue weighted by atomic mass is 127. The Labute approximate surface area is 81.5 Å². The molecule has 1 rings (SSSR count). The summed E-state index contributed by atoms with van der Waals surface area (Å²) in [5, 5.41) is 8.89. The third kappa shape index (κ3) is 1.50. The van der Waals surface area contributed by atoms with Crippen LogP contribution < -0.4 is 5.73 Å². The number of aromatic hydroxyl groups is 1. The highest BCUT2D eigenvalue weighted by molar-refractivity contribution is 14.1. The first-order chi connectivity index (χ1) is 5.54. The average Bonchev–Trinajstić information content (AvgIpc) is 1.97. The van der Waals surface area contributed by atoms with Gasteiger partial charge in [-0.05, 0) is 34.7 Å². The lowest BCUT2D eigenvalue weighted by atomic mass is 10.2. The Kier molecular flexibility index (Phi) is 2.51. The monoisotopic (exact) mass is 281 g/mol. The Morgan fingerprint density at radius 1 is 1.58 bits per heavy atom. The summed E-state index contributed by atoms with van der Waals surface area (Å²) in [6.07, 6.45) is 0. The van der Waals surface area contributed by atoms with Gasteiger partial charge in [-0.3, -0.25) is 4.79 Å². The molecule has 64 valence electrons. The predicted molar refractivity (Wildman–Crippen MR) is 49.3 cm³/mol. The first-order valence-electron chi connectivity index (χ1n) is 3.01. The average molecular weight is 281 g/mol. The molecule has 0 saturated carbocycles. The van der Waals surface area contributed by atoms with Crippen molar-refractivity contribution in [1.82, 2.24) is 0 Å². The topological polar surface area (TPSA) is 63.3 Å². The number of hydrogen-bond acceptors (Lipinski definition) is 2. The van der Waals surface area contributed by atoms with Crippen LogP contribution >= 0.6 is 22.6 Å². The lowest BCUT2D eigenvalue weighted by Gasteiger charge is -2.02. The maximum atomic E-state index is 13.0. The Morgan fingerprint density at radius 2 is 2.17 bits per heavy atom. The van der Waals surface area contributed by atoms with E-state index in [2.05, 4.69) is 0 Å². The van der Waals surface area contributed by atoms with Crippen molar-refractivity contribution in [3.8, 4) is 5.75 Å². The number of carbonyl (C=O) groups excluding carboxylic acids is 1. The van der Waals surface area contributed by atoms with Gasteiger partial charge in [0, 0.05) is 3.57 Å². The van der Waals surface area contributed by atoms with E-state index in [1.165, 1.54) is 12.1 Å². The maximum absolute atomic E-state index is 13.0. The second-order valence-corrected chi connectivity index (χ2v) is 3.28. The van der Waals surface area contributed by atoms with Crippen LogP contribution in [0.4, 0.5) is 4.39 Å². The van der Waals surface area contributed by atoms with Crippen LogP contribution in [0, 0.1) is 9.39 Å². The van der Waals surface area contributed by atoms with Crippen molar-refractivity contribution >= 4 is 28.5 Å². The number of carbonyl (C=O) groups is 1. The molecule has 0 aliphatic heterocycles. The minimum absolute atomic E-state index is 0.268. The van der Waals surface area contributed by atoms with E-state index in [0.29, 0.717) is 3.57 Å². The van der Waals surface area contributed by atoms with E-state index in [1.807, 2.05) is 0 Å². The summed E-state index contributed by atoms with van der Waals surface area (Å²) in [7, 11) is 0. The van der Waals surface area contributed by atoms with Gasteiger partial charge in [0.05, 0.1) is 5.56 Å². The molecule has 0 spiro atoms. The van der Waals surface area contributed by atoms with Gasteiger partial charge in [0.25, 0.3) is 5.91 Å². The molecular formula is C7H5FINO2. The molecule has 0 aromatic heterocycles. The highest BCUT2D eigenvalue weighted by Gasteiger charge is 2.15. The fourth-order valence-electron chi connectivity index (χ4n) is 0.767. The summed E-state index contributed by atoms with van der Waals surface area (Å²) in [5.41, 5.74) is 4.62. The van der Waals surface area contributed by atoms with Crippen molar-refractivity contribution in [2.45, 2.75) is 0 Å². The van der Waals surface area contributed by atoms with E-state index in [0.717, 1.165) is 0 Å². The van der Waals surface area contributed by atoms with Crippen molar-refractivity contribution in [3.05, 3.63) is 27.1 Å². The van der Waals surface area contributed by atoms with E-state index in [1.54, 1.807) is 22.6 Å². The summed E-state index contributed by atoms with van der Waals surface area (Å²) in [4.78, 5) is 10.7. The normalized spacial score (nSPS) is 9.83. The molecule has 0 saturated heterocycles. The number of phenols is 1. The zero-order chi connectivity index (χ0) is 9.30. The fraction of sp³-hybridized carbons (Fsp3) is 0. The van der Waals surface area contributed by atoms with Gasteiger partial charge in [-0.25, -0.2) is 4.39 Å². The van der Waals surface area contributed by atoms with Crippen LogP contribution in [0.25, 0.3) is 0 Å². The summed E-state index contributed by atoms with van der Waals surface area (Å²) in [5.74, 6) is -2.41. The van der Waals surface area contributed by atoms with Gasteiger partial charge in [0.15, 0.2) is 11.6 Å². The number of primary amides is 1. The van der Waals surface area contributed by atoms with Crippen LogP contribution in [-0.4, -0.2) is 11.0 Å². The molecular weight excluding hydrogens is 276 g/mol. The van der Waals surface area contributed by atoms with Gasteiger partial charge in [-0.1, -0.05) is 0 Å². The minimum atomic E-state index is -0.964. The second-order valence-electron chi connectivity index (χ2n) is 2.12. The molecule has 1 amide bonds. The molecule has 0 aliphatic carbocycles. The molecule has 1 aromatic rings. The Morgan fingerprint density at radius 3 is 2.58 bits per heavy atom. The summed E-state index contributed by atoms with van der Waals surface area (Å²) in [6.45, 7) is 0. The van der Waals surface area contributed by atoms with Gasteiger partial charge in [-0.2, -0.15) is 0 Å². The van der Waals surface area contributed by atoms with Crippen LogP contribution in [0.2, 0.25) is 0 Å². The van der Waals surface area contributed by atoms with Crippen LogP contribution in [0.1, 0.15) is 10.4 Å². The molecule has 0 radical (unpaired) electrons. The van der Waals surface area contributed by atoms with Crippen LogP contribution in [0.3, 0.4) is 0 Å². The van der Waals surface area contributed by atoms with Gasteiger partial charge in [-0.15, -0.1) is 0 Å². The molecule has 3 N–H and O–H groups in total. The SMILES string of the molecule is NC(=O)c1c(I)ccc(O)c1F. The largest absolute Gasteiger partial charge is 0.505 e. The molecule has 5 heteroatoms. The van der Waals surface area contributed by atoms with Gasteiger partial charge < -0.3 is 10.8 Å². The minimum Gasteiger partial charge on any atom is -0.505 e. The number of halogens is 2. The summed E-state index contributed by atoms with van der Waals surface area (Å²) < 4.78 is 13.3. The van der Waals surface area contributed by atoms with E-state index < -0.39 is 17.5 Å². The molecule has 0 bridgehead atoms. The standard InChI is InChI=1S/C7H5FINO2/c8-6-4(11)2-1-3(9)5(6)7(10)12/h1-2,11H,(H2,10,12). The van der Waals surface area contributed by atoms with Crippen LogP contribution in [0.15, 0.2) is 12.1 Å². The first kappa shape index (κ1) is 9.24. The maximum Gasteiger partial charge on any atom is 0.252 e. The lowest BCUT2D eigenvalue weighted by Crippen LogP contribution is -2.15. The molecule has 0 unspecified atom stereocenters. The number of nitrogens with two attached hydrogens (primary N) is 1. The van der Waals surface area contributed by atoms with Gasteiger partial charge in [0.1, 0.15) is 0 Å². The number of hydrogen-bond donors (Lipinski definition) is 2. The van der Waals surface area contributed by atoms with E-state index in [9.17, 15) is 9.18 Å². The molecule has 1 aromatic carbocycles. The Balaban J connectivity index is 3.43. The molecule has 12 heavy (non-hydrogen) atoms. The molecule has 3 nitrogen and oxygen atoms in total. The number of benzene rings is 1. The van der Waals surface area contributed by atoms with E-state index in [-0.39, 0.29) is 5.56 Å². The second kappa shape index (κ2) is 3.26. The quantitative estimate of drug-likeness (QED) is 0.760. The van der Waals surface area contributed by atoms with Crippen molar-refractivity contribution in [3.63, 3.8) is 0 Å². The van der Waals surface area contributed by atoms with E-state index in [4.69, 9.17) is 10.8 Å². The Hall–Kier alpha value is -0.850. The van der Waals surface area contributed by atoms with Gasteiger partial charge >= 0.3 is 0 Å². The lowest BCUT2D eigenvalue weighted by molar-refractivity contribution is 0.0994. The predicted octanol–water partition coefficient (Wildman–Crippen LogP) is 1.23. The van der Waals surface area contributed by atoms with Crippen LogP contribution in [-0.2, 0) is 0 Å². The third-order valence-electron chi connectivity index (χ3n) is 1.32. The smallest absolute Gasteiger partial charge is 0.252 e. The highest BCUT2D eigenvalue weighted by Crippen LogP contribution is 2.23. The number of amides is 1. The van der Waals surface area contributed by atoms with Gasteiger partial charge in [0.2, 0.25) is 0 Å². The summed E-state index contributed by atoms with van der Waals surface area (Å²) in [6, 6.07) is 2.59. The van der Waals surface area contributed by atoms with Crippen molar-refractivity contribution in [2.75, 3.05) is 0 Å². The molecule has 0 fully saturated rings.